The number of hydrogen-bond donors (Lipinski definition) is 1. The van der Waals surface area contributed by atoms with Crippen molar-refractivity contribution in [3.8, 4) is 0 Å². The van der Waals surface area contributed by atoms with Gasteiger partial charge < -0.3 is 5.32 Å². The van der Waals surface area contributed by atoms with Crippen molar-refractivity contribution in [3.05, 3.63) is 58.3 Å². The third kappa shape index (κ3) is 4.79. The third-order valence-corrected chi connectivity index (χ3v) is 7.20. The van der Waals surface area contributed by atoms with Crippen LogP contribution in [0.15, 0.2) is 47.6 Å². The number of nitrogens with one attached hydrogen (secondary N) is 1. The molecule has 1 amide bonds. The molecule has 0 unspecified atom stereocenters. The molecule has 1 aromatic heterocycles. The van der Waals surface area contributed by atoms with Crippen molar-refractivity contribution in [1.82, 2.24) is 14.6 Å². The molecule has 2 aromatic rings. The van der Waals surface area contributed by atoms with Gasteiger partial charge in [-0.05, 0) is 49.1 Å². The number of sulfonamides is 1. The van der Waals surface area contributed by atoms with Crippen LogP contribution in [0.2, 0.25) is 10.0 Å². The van der Waals surface area contributed by atoms with Gasteiger partial charge >= 0.3 is 0 Å². The first-order chi connectivity index (χ1) is 12.9. The normalized spacial score (nSPS) is 16.2. The average Bonchev–Trinajstić information content (AvgIpc) is 2.69. The van der Waals surface area contributed by atoms with E-state index in [1.54, 1.807) is 30.5 Å². The molecule has 3 rings (SSSR count). The number of aromatic nitrogens is 1. The van der Waals surface area contributed by atoms with Crippen LogP contribution < -0.4 is 5.32 Å². The number of pyridine rings is 1. The van der Waals surface area contributed by atoms with E-state index < -0.39 is 10.0 Å². The highest BCUT2D eigenvalue weighted by atomic mass is 35.5. The summed E-state index contributed by atoms with van der Waals surface area (Å²) in [6, 6.07) is 7.89. The fraction of sp³-hybridized carbons (Fsp3) is 0.333. The fourth-order valence-electron chi connectivity index (χ4n) is 2.98. The van der Waals surface area contributed by atoms with E-state index in [0.29, 0.717) is 48.1 Å². The summed E-state index contributed by atoms with van der Waals surface area (Å²) in [6.45, 7) is 1.33. The van der Waals surface area contributed by atoms with E-state index in [1.807, 2.05) is 0 Å². The molecule has 1 aliphatic rings. The number of nitrogens with zero attached hydrogens (tertiary/aromatic N) is 2. The highest BCUT2D eigenvalue weighted by Crippen LogP contribution is 2.24. The predicted octanol–water partition coefficient (Wildman–Crippen LogP) is 3.22. The van der Waals surface area contributed by atoms with Crippen molar-refractivity contribution in [3.63, 3.8) is 0 Å². The molecule has 0 atom stereocenters. The van der Waals surface area contributed by atoms with Gasteiger partial charge in [0.25, 0.3) is 5.91 Å². The van der Waals surface area contributed by atoms with Crippen LogP contribution in [-0.4, -0.2) is 43.2 Å². The molecule has 144 valence electrons. The van der Waals surface area contributed by atoms with Crippen molar-refractivity contribution in [2.24, 2.45) is 5.92 Å². The van der Waals surface area contributed by atoms with Gasteiger partial charge in [-0.25, -0.2) is 8.42 Å². The van der Waals surface area contributed by atoms with Crippen LogP contribution in [0, 0.1) is 5.92 Å². The highest BCUT2D eigenvalue weighted by Gasteiger charge is 2.29. The second-order valence-corrected chi connectivity index (χ2v) is 9.13. The van der Waals surface area contributed by atoms with Gasteiger partial charge in [-0.2, -0.15) is 4.31 Å². The highest BCUT2D eigenvalue weighted by molar-refractivity contribution is 7.89. The predicted molar refractivity (Wildman–Crippen MR) is 105 cm³/mol. The molecule has 27 heavy (non-hydrogen) atoms. The summed E-state index contributed by atoms with van der Waals surface area (Å²) >= 11 is 11.8. The topological polar surface area (TPSA) is 79.4 Å². The molecule has 1 aromatic carbocycles. The number of hydrogen-bond acceptors (Lipinski definition) is 4. The zero-order chi connectivity index (χ0) is 19.4. The maximum absolute atomic E-state index is 12.6. The summed E-state index contributed by atoms with van der Waals surface area (Å²) in [5.74, 6) is -0.00366. The Morgan fingerprint density at radius 3 is 2.56 bits per heavy atom. The molecule has 0 saturated carbocycles. The number of carbonyl (C=O) groups is 1. The van der Waals surface area contributed by atoms with Crippen LogP contribution in [0.4, 0.5) is 0 Å². The Morgan fingerprint density at radius 1 is 1.19 bits per heavy atom. The van der Waals surface area contributed by atoms with E-state index in [1.165, 1.54) is 16.6 Å². The number of amides is 1. The van der Waals surface area contributed by atoms with E-state index >= 15 is 0 Å². The van der Waals surface area contributed by atoms with E-state index in [-0.39, 0.29) is 16.7 Å². The largest absolute Gasteiger partial charge is 0.352 e. The molecular formula is C18H19Cl2N3O3S. The second kappa shape index (κ2) is 8.56. The standard InChI is InChI=1S/C18H19Cl2N3O3S/c19-16-4-3-14(10-17(16)20)18(24)22-11-13-5-8-23(9-6-13)27(25,26)15-2-1-7-21-12-15/h1-4,7,10,12-13H,5-6,8-9,11H2,(H,22,24). The minimum Gasteiger partial charge on any atom is -0.352 e. The summed E-state index contributed by atoms with van der Waals surface area (Å²) in [6.07, 6.45) is 4.27. The minimum atomic E-state index is -3.51. The lowest BCUT2D eigenvalue weighted by Gasteiger charge is -2.31. The molecule has 0 aliphatic carbocycles. The van der Waals surface area contributed by atoms with Gasteiger partial charge in [0.1, 0.15) is 4.90 Å². The Balaban J connectivity index is 1.52. The van der Waals surface area contributed by atoms with E-state index in [2.05, 4.69) is 10.3 Å². The Kier molecular flexibility index (Phi) is 6.37. The zero-order valence-corrected chi connectivity index (χ0v) is 16.8. The van der Waals surface area contributed by atoms with Crippen LogP contribution in [-0.2, 0) is 10.0 Å². The van der Waals surface area contributed by atoms with Gasteiger partial charge in [0, 0.05) is 37.6 Å². The first kappa shape index (κ1) is 20.1. The molecule has 6 nitrogen and oxygen atoms in total. The summed E-state index contributed by atoms with van der Waals surface area (Å²) in [7, 11) is -3.51. The monoisotopic (exact) mass is 427 g/mol. The molecule has 1 aliphatic heterocycles. The van der Waals surface area contributed by atoms with Crippen molar-refractivity contribution in [1.29, 1.82) is 0 Å². The molecule has 0 radical (unpaired) electrons. The zero-order valence-electron chi connectivity index (χ0n) is 14.4. The smallest absolute Gasteiger partial charge is 0.251 e. The number of piperidine rings is 1. The number of carbonyl (C=O) groups excluding carboxylic acids is 1. The number of rotatable bonds is 5. The summed E-state index contributed by atoms with van der Waals surface area (Å²) < 4.78 is 26.7. The van der Waals surface area contributed by atoms with Gasteiger partial charge in [-0.1, -0.05) is 23.2 Å². The van der Waals surface area contributed by atoms with Gasteiger partial charge in [0.05, 0.1) is 10.0 Å². The molecular weight excluding hydrogens is 409 g/mol. The molecule has 1 N–H and O–H groups in total. The number of benzene rings is 1. The van der Waals surface area contributed by atoms with Crippen LogP contribution in [0.1, 0.15) is 23.2 Å². The second-order valence-electron chi connectivity index (χ2n) is 6.38. The summed E-state index contributed by atoms with van der Waals surface area (Å²) in [5.41, 5.74) is 0.445. The molecule has 0 spiro atoms. The van der Waals surface area contributed by atoms with E-state index in [9.17, 15) is 13.2 Å². The van der Waals surface area contributed by atoms with Crippen LogP contribution in [0.3, 0.4) is 0 Å². The van der Waals surface area contributed by atoms with Gasteiger partial charge in [-0.15, -0.1) is 0 Å². The van der Waals surface area contributed by atoms with Crippen molar-refractivity contribution in [2.75, 3.05) is 19.6 Å². The van der Waals surface area contributed by atoms with Gasteiger partial charge in [-0.3, -0.25) is 9.78 Å². The maximum atomic E-state index is 12.6. The Labute approximate surface area is 168 Å². The van der Waals surface area contributed by atoms with Crippen molar-refractivity contribution in [2.45, 2.75) is 17.7 Å². The minimum absolute atomic E-state index is 0.205. The average molecular weight is 428 g/mol. The first-order valence-corrected chi connectivity index (χ1v) is 10.7. The van der Waals surface area contributed by atoms with Crippen LogP contribution in [0.25, 0.3) is 0 Å². The maximum Gasteiger partial charge on any atom is 0.251 e. The number of halogens is 2. The van der Waals surface area contributed by atoms with Crippen molar-refractivity contribution < 1.29 is 13.2 Å². The Hall–Kier alpha value is -1.67. The quantitative estimate of drug-likeness (QED) is 0.793. The van der Waals surface area contributed by atoms with Gasteiger partial charge in [0.2, 0.25) is 10.0 Å². The Morgan fingerprint density at radius 2 is 1.93 bits per heavy atom. The van der Waals surface area contributed by atoms with Crippen LogP contribution in [0.5, 0.6) is 0 Å². The molecule has 2 heterocycles. The van der Waals surface area contributed by atoms with E-state index in [4.69, 9.17) is 23.2 Å². The lowest BCUT2D eigenvalue weighted by molar-refractivity contribution is 0.0941. The van der Waals surface area contributed by atoms with Gasteiger partial charge in [0.15, 0.2) is 0 Å². The molecule has 1 fully saturated rings. The van der Waals surface area contributed by atoms with Crippen LogP contribution >= 0.6 is 23.2 Å². The first-order valence-electron chi connectivity index (χ1n) is 8.51. The molecule has 0 bridgehead atoms. The molecule has 1 saturated heterocycles. The fourth-order valence-corrected chi connectivity index (χ4v) is 4.71. The van der Waals surface area contributed by atoms with E-state index in [0.717, 1.165) is 0 Å². The lowest BCUT2D eigenvalue weighted by Crippen LogP contribution is -2.41. The lowest BCUT2D eigenvalue weighted by atomic mass is 9.98. The Bertz CT molecular complexity index is 915. The molecule has 9 heteroatoms. The van der Waals surface area contributed by atoms with Crippen molar-refractivity contribution >= 4 is 39.1 Å². The SMILES string of the molecule is O=C(NCC1CCN(S(=O)(=O)c2cccnc2)CC1)c1ccc(Cl)c(Cl)c1. The summed E-state index contributed by atoms with van der Waals surface area (Å²) in [5, 5.41) is 3.61. The third-order valence-electron chi connectivity index (χ3n) is 4.58. The summed E-state index contributed by atoms with van der Waals surface area (Å²) in [4.78, 5) is 16.3.